The SMILES string of the molecule is [Se]=C=N[Si](N=C=[Se])(N=C=[Se])N=C=[Se]. The molecule has 0 atom stereocenters. The van der Waals surface area contributed by atoms with Crippen LogP contribution in [0.3, 0.4) is 0 Å². The molecule has 0 bridgehead atoms. The molecule has 0 aromatic carbocycles. The Morgan fingerprint density at radius 2 is 0.846 bits per heavy atom. The number of hydrogen-bond acceptors (Lipinski definition) is 4. The Hall–Kier alpha value is 0.615. The molecule has 0 N–H and O–H groups in total. The van der Waals surface area contributed by atoms with Gasteiger partial charge in [0, 0.05) is 0 Å². The molecule has 0 aliphatic rings. The monoisotopic (exact) mass is 452 g/mol. The number of nitrogens with zero attached hydrogens (tertiary/aromatic N) is 4. The van der Waals surface area contributed by atoms with Crippen LogP contribution in [0, 0.1) is 0 Å². The molecule has 64 valence electrons. The molecule has 0 unspecified atom stereocenters. The van der Waals surface area contributed by atoms with Crippen LogP contribution in [0.1, 0.15) is 0 Å². The first kappa shape index (κ1) is 13.6. The Balaban J connectivity index is 5.52. The molecule has 0 saturated carbocycles. The second kappa shape index (κ2) is 7.97. The van der Waals surface area contributed by atoms with Crippen molar-refractivity contribution in [2.24, 2.45) is 18.6 Å². The molecule has 0 aliphatic heterocycles. The molecule has 13 heavy (non-hydrogen) atoms. The van der Waals surface area contributed by atoms with Gasteiger partial charge in [-0.15, -0.1) is 0 Å². The predicted molar refractivity (Wildman–Crippen MR) is 58.5 cm³/mol. The van der Waals surface area contributed by atoms with Gasteiger partial charge in [-0.3, -0.25) is 0 Å². The minimum atomic E-state index is -2.86. The summed E-state index contributed by atoms with van der Waals surface area (Å²) < 4.78 is 25.6. The summed E-state index contributed by atoms with van der Waals surface area (Å²) in [5.74, 6) is 0. The standard InChI is InChI=1S/C4N4Se4Si/c9-1-5-13(6-2-10,7-3-11)8-4-12. The molecule has 4 nitrogen and oxygen atoms in total. The van der Waals surface area contributed by atoms with Crippen LogP contribution in [0.5, 0.6) is 0 Å². The van der Waals surface area contributed by atoms with E-state index in [2.05, 4.69) is 99.8 Å². The van der Waals surface area contributed by atoms with Gasteiger partial charge >= 0.3 is 109 Å². The summed E-state index contributed by atoms with van der Waals surface area (Å²) >= 11 is 9.99. The van der Waals surface area contributed by atoms with E-state index in [0.717, 1.165) is 0 Å². The topological polar surface area (TPSA) is 49.4 Å². The van der Waals surface area contributed by atoms with E-state index in [9.17, 15) is 0 Å². The first-order valence-corrected chi connectivity index (χ1v) is 7.82. The van der Waals surface area contributed by atoms with E-state index in [-0.39, 0.29) is 0 Å². The first-order chi connectivity index (χ1) is 6.24. The van der Waals surface area contributed by atoms with Crippen molar-refractivity contribution >= 4 is 89.9 Å². The Labute approximate surface area is 108 Å². The van der Waals surface area contributed by atoms with Crippen LogP contribution in [0.4, 0.5) is 0 Å². The van der Waals surface area contributed by atoms with Gasteiger partial charge in [0.1, 0.15) is 0 Å². The minimum absolute atomic E-state index is 2.48. The molecule has 0 rings (SSSR count). The van der Waals surface area contributed by atoms with Gasteiger partial charge in [-0.2, -0.15) is 0 Å². The Morgan fingerprint density at radius 1 is 0.615 bits per heavy atom. The first-order valence-electron chi connectivity index (χ1n) is 2.61. The molecule has 0 fully saturated rings. The van der Waals surface area contributed by atoms with Crippen molar-refractivity contribution in [2.75, 3.05) is 0 Å². The Morgan fingerprint density at radius 3 is 1.00 bits per heavy atom. The van der Waals surface area contributed by atoms with Crippen molar-refractivity contribution in [2.45, 2.75) is 0 Å². The summed E-state index contributed by atoms with van der Waals surface area (Å²) in [6.07, 6.45) is 0. The molecule has 0 radical (unpaired) electrons. The molecule has 0 saturated heterocycles. The second-order valence-corrected chi connectivity index (χ2v) is 5.04. The zero-order valence-electron chi connectivity index (χ0n) is 5.92. The van der Waals surface area contributed by atoms with Crippen molar-refractivity contribution < 1.29 is 0 Å². The molecular formula is C4N4Se4Si. The molecule has 0 aliphatic carbocycles. The molecule has 0 amide bonds. The maximum atomic E-state index is 3.91. The molecule has 0 heterocycles. The van der Waals surface area contributed by atoms with E-state index in [1.54, 1.807) is 0 Å². The zero-order valence-corrected chi connectivity index (χ0v) is 13.8. The summed E-state index contributed by atoms with van der Waals surface area (Å²) in [7, 11) is -2.86. The van der Waals surface area contributed by atoms with Crippen molar-refractivity contribution in [1.29, 1.82) is 0 Å². The van der Waals surface area contributed by atoms with Crippen LogP contribution < -0.4 is 0 Å². The summed E-state index contributed by atoms with van der Waals surface area (Å²) in [6.45, 7) is 0. The fourth-order valence-corrected chi connectivity index (χ4v) is 4.27. The average molecular weight is 448 g/mol. The molecule has 0 spiro atoms. The van der Waals surface area contributed by atoms with Crippen LogP contribution in [0.2, 0.25) is 0 Å². The van der Waals surface area contributed by atoms with Crippen LogP contribution in [0.15, 0.2) is 18.6 Å². The van der Waals surface area contributed by atoms with E-state index in [4.69, 9.17) is 0 Å². The summed E-state index contributed by atoms with van der Waals surface area (Å²) in [5, 5.41) is 0. The summed E-state index contributed by atoms with van der Waals surface area (Å²) in [4.78, 5) is 0. The van der Waals surface area contributed by atoms with Gasteiger partial charge in [-0.05, 0) is 0 Å². The van der Waals surface area contributed by atoms with Gasteiger partial charge in [-0.25, -0.2) is 0 Å². The number of rotatable bonds is 4. The van der Waals surface area contributed by atoms with Crippen molar-refractivity contribution in [3.05, 3.63) is 0 Å². The third-order valence-electron chi connectivity index (χ3n) is 0.783. The van der Waals surface area contributed by atoms with E-state index < -0.39 is 8.72 Å². The van der Waals surface area contributed by atoms with Gasteiger partial charge < -0.3 is 0 Å². The van der Waals surface area contributed by atoms with Crippen molar-refractivity contribution in [3.8, 4) is 0 Å². The Kier molecular flexibility index (Phi) is 8.34. The summed E-state index contributed by atoms with van der Waals surface area (Å²) in [6, 6.07) is 0. The van der Waals surface area contributed by atoms with Gasteiger partial charge in [0.25, 0.3) is 0 Å². The zero-order chi connectivity index (χ0) is 10.2. The normalized spacial score (nSPS) is 11.7. The predicted octanol–water partition coefficient (Wildman–Crippen LogP) is -2.28. The number of hydrogen-bond donors (Lipinski definition) is 0. The van der Waals surface area contributed by atoms with Gasteiger partial charge in [0.2, 0.25) is 0 Å². The van der Waals surface area contributed by atoms with Crippen LogP contribution >= 0.6 is 0 Å². The van der Waals surface area contributed by atoms with Gasteiger partial charge in [0.05, 0.1) is 0 Å². The third kappa shape index (κ3) is 5.15. The van der Waals surface area contributed by atoms with Crippen molar-refractivity contribution in [1.82, 2.24) is 0 Å². The van der Waals surface area contributed by atoms with Crippen LogP contribution in [-0.2, 0) is 0 Å². The van der Waals surface area contributed by atoms with Crippen LogP contribution in [-0.4, -0.2) is 89.9 Å². The molecule has 0 aromatic rings. The Bertz CT molecular complexity index is 303. The molecule has 9 heteroatoms. The van der Waals surface area contributed by atoms with Crippen molar-refractivity contribution in [3.63, 3.8) is 0 Å². The fraction of sp³-hybridized carbons (Fsp3) is 0. The average Bonchev–Trinajstić information content (AvgIpc) is 2.06. The van der Waals surface area contributed by atoms with E-state index in [1.165, 1.54) is 0 Å². The quantitative estimate of drug-likeness (QED) is 0.344. The van der Waals surface area contributed by atoms with Gasteiger partial charge in [0.15, 0.2) is 0 Å². The fourth-order valence-electron chi connectivity index (χ4n) is 0.395. The van der Waals surface area contributed by atoms with E-state index in [0.29, 0.717) is 0 Å². The summed E-state index contributed by atoms with van der Waals surface area (Å²) in [5.41, 5.74) is 0. The molecule has 0 aromatic heterocycles. The maximum absolute atomic E-state index is 3.91. The van der Waals surface area contributed by atoms with Gasteiger partial charge in [-0.1, -0.05) is 0 Å². The molecular weight excluding hydrogens is 448 g/mol. The van der Waals surface area contributed by atoms with E-state index in [1.807, 2.05) is 0 Å². The van der Waals surface area contributed by atoms with Crippen LogP contribution in [0.25, 0.3) is 0 Å². The van der Waals surface area contributed by atoms with E-state index >= 15 is 0 Å². The third-order valence-corrected chi connectivity index (χ3v) is 4.65. The second-order valence-electron chi connectivity index (χ2n) is 1.41.